The number of aromatic nitrogens is 1. The number of nitrogens with one attached hydrogen (secondary N) is 1. The third-order valence-corrected chi connectivity index (χ3v) is 4.02. The van der Waals surface area contributed by atoms with Gasteiger partial charge in [-0.2, -0.15) is 0 Å². The lowest BCUT2D eigenvalue weighted by Crippen LogP contribution is -2.45. The Balaban J connectivity index is 2.12. The summed E-state index contributed by atoms with van der Waals surface area (Å²) in [6.45, 7) is 4.74. The Morgan fingerprint density at radius 1 is 1.32 bits per heavy atom. The van der Waals surface area contributed by atoms with Crippen LogP contribution in [0.15, 0.2) is 12.1 Å². The minimum atomic E-state index is -0.713. The number of amides is 2. The molecule has 0 aromatic carbocycles. The molecular weight excluding hydrogens is 322 g/mol. The van der Waals surface area contributed by atoms with Gasteiger partial charge in [-0.1, -0.05) is 19.9 Å². The molecule has 0 radical (unpaired) electrons. The number of hydrogen-bond donors (Lipinski definition) is 2. The molecule has 1 aromatic heterocycles. The van der Waals surface area contributed by atoms with Crippen molar-refractivity contribution in [2.45, 2.75) is 45.1 Å². The number of hydrogen-bond acceptors (Lipinski definition) is 5. The van der Waals surface area contributed by atoms with E-state index in [2.05, 4.69) is 10.3 Å². The van der Waals surface area contributed by atoms with Crippen LogP contribution < -0.4 is 15.8 Å². The summed E-state index contributed by atoms with van der Waals surface area (Å²) in [6.07, 6.45) is 2.69. The summed E-state index contributed by atoms with van der Waals surface area (Å²) in [4.78, 5) is 28.4. The van der Waals surface area contributed by atoms with Gasteiger partial charge in [0.05, 0.1) is 6.61 Å². The van der Waals surface area contributed by atoms with Gasteiger partial charge in [-0.05, 0) is 37.2 Å². The molecule has 25 heavy (non-hydrogen) atoms. The summed E-state index contributed by atoms with van der Waals surface area (Å²) in [5, 5.41) is 2.67. The molecule has 138 valence electrons. The molecule has 1 aromatic rings. The predicted octanol–water partition coefficient (Wildman–Crippen LogP) is 1.61. The summed E-state index contributed by atoms with van der Waals surface area (Å²) < 4.78 is 10.7. The smallest absolute Gasteiger partial charge is 0.270 e. The van der Waals surface area contributed by atoms with Crippen molar-refractivity contribution >= 4 is 11.8 Å². The first kappa shape index (κ1) is 19.2. The third-order valence-electron chi connectivity index (χ3n) is 4.02. The number of nitrogens with two attached hydrogens (primary N) is 1. The monoisotopic (exact) mass is 349 g/mol. The van der Waals surface area contributed by atoms with Crippen molar-refractivity contribution in [3.05, 3.63) is 23.4 Å². The molecule has 0 spiro atoms. The van der Waals surface area contributed by atoms with E-state index >= 15 is 0 Å². The van der Waals surface area contributed by atoms with Crippen molar-refractivity contribution in [2.24, 2.45) is 11.7 Å². The Kier molecular flexibility index (Phi) is 6.75. The van der Waals surface area contributed by atoms with E-state index < -0.39 is 17.9 Å². The molecule has 0 bridgehead atoms. The lowest BCUT2D eigenvalue weighted by atomic mass is 10.0. The number of carbonyl (C=O) groups excluding carboxylic acids is 2. The van der Waals surface area contributed by atoms with Crippen LogP contribution in [0.3, 0.4) is 0 Å². The van der Waals surface area contributed by atoms with Crippen molar-refractivity contribution in [3.8, 4) is 5.88 Å². The van der Waals surface area contributed by atoms with Crippen LogP contribution in [-0.4, -0.2) is 43.2 Å². The van der Waals surface area contributed by atoms with E-state index in [9.17, 15) is 9.59 Å². The molecule has 1 saturated carbocycles. The van der Waals surface area contributed by atoms with Gasteiger partial charge in [-0.3, -0.25) is 9.59 Å². The predicted molar refractivity (Wildman–Crippen MR) is 93.5 cm³/mol. The minimum absolute atomic E-state index is 0.215. The van der Waals surface area contributed by atoms with Crippen LogP contribution in [0.2, 0.25) is 0 Å². The van der Waals surface area contributed by atoms with Crippen LogP contribution in [-0.2, 0) is 9.53 Å². The van der Waals surface area contributed by atoms with Gasteiger partial charge in [0.25, 0.3) is 5.91 Å². The number of carbonyl (C=O) groups is 2. The fourth-order valence-corrected chi connectivity index (χ4v) is 2.57. The van der Waals surface area contributed by atoms with Crippen LogP contribution in [0.5, 0.6) is 5.88 Å². The Morgan fingerprint density at radius 2 is 2.04 bits per heavy atom. The molecule has 1 atom stereocenters. The maximum atomic E-state index is 12.5. The highest BCUT2D eigenvalue weighted by Crippen LogP contribution is 2.43. The van der Waals surface area contributed by atoms with Crippen LogP contribution in [0.25, 0.3) is 0 Å². The highest BCUT2D eigenvalue weighted by molar-refractivity contribution is 5.96. The van der Waals surface area contributed by atoms with Gasteiger partial charge in [0.15, 0.2) is 0 Å². The Hall–Kier alpha value is -2.15. The van der Waals surface area contributed by atoms with Crippen LogP contribution >= 0.6 is 0 Å². The van der Waals surface area contributed by atoms with Crippen molar-refractivity contribution in [3.63, 3.8) is 0 Å². The summed E-state index contributed by atoms with van der Waals surface area (Å²) in [5.74, 6) is 0.167. The van der Waals surface area contributed by atoms with Crippen LogP contribution in [0.4, 0.5) is 0 Å². The molecule has 2 amide bonds. The van der Waals surface area contributed by atoms with E-state index in [1.54, 1.807) is 13.2 Å². The molecule has 2 rings (SSSR count). The summed E-state index contributed by atoms with van der Waals surface area (Å²) in [7, 11) is 1.60. The third kappa shape index (κ3) is 5.70. The van der Waals surface area contributed by atoms with Crippen molar-refractivity contribution < 1.29 is 19.1 Å². The Labute approximate surface area is 148 Å². The molecule has 3 N–H and O–H groups in total. The maximum Gasteiger partial charge on any atom is 0.270 e. The van der Waals surface area contributed by atoms with E-state index in [0.717, 1.165) is 18.4 Å². The average molecular weight is 349 g/mol. The van der Waals surface area contributed by atoms with Gasteiger partial charge in [-0.25, -0.2) is 4.98 Å². The molecule has 7 heteroatoms. The molecule has 0 aliphatic heterocycles. The van der Waals surface area contributed by atoms with E-state index in [4.69, 9.17) is 15.2 Å². The zero-order valence-electron chi connectivity index (χ0n) is 15.1. The second-order valence-electron chi connectivity index (χ2n) is 6.76. The van der Waals surface area contributed by atoms with Gasteiger partial charge < -0.3 is 20.5 Å². The lowest BCUT2D eigenvalue weighted by Gasteiger charge is -2.17. The fraction of sp³-hybridized carbons (Fsp3) is 0.611. The van der Waals surface area contributed by atoms with Crippen molar-refractivity contribution in [2.75, 3.05) is 20.3 Å². The fourth-order valence-electron chi connectivity index (χ4n) is 2.57. The van der Waals surface area contributed by atoms with Gasteiger partial charge in [0, 0.05) is 12.7 Å². The molecule has 1 heterocycles. The van der Waals surface area contributed by atoms with Crippen molar-refractivity contribution in [1.29, 1.82) is 0 Å². The SMILES string of the molecule is COCCOc1nc(C(=O)NC(CC(C)C)C(N)=O)ccc1C1CC1. The number of ether oxygens (including phenoxy) is 2. The Bertz CT molecular complexity index is 614. The van der Waals surface area contributed by atoms with Gasteiger partial charge in [0.2, 0.25) is 11.8 Å². The quantitative estimate of drug-likeness (QED) is 0.625. The first-order valence-electron chi connectivity index (χ1n) is 8.65. The summed E-state index contributed by atoms with van der Waals surface area (Å²) in [6, 6.07) is 2.83. The first-order valence-corrected chi connectivity index (χ1v) is 8.65. The highest BCUT2D eigenvalue weighted by atomic mass is 16.5. The molecule has 1 unspecified atom stereocenters. The number of methoxy groups -OCH3 is 1. The zero-order chi connectivity index (χ0) is 18.4. The number of nitrogens with zero attached hydrogens (tertiary/aromatic N) is 1. The standard InChI is InChI=1S/C18H27N3O4/c1-11(2)10-15(16(19)22)20-17(23)14-7-6-13(12-4-5-12)18(21-14)25-9-8-24-3/h6-7,11-12,15H,4-5,8-10H2,1-3H3,(H2,19,22)(H,20,23). The molecule has 0 saturated heterocycles. The Morgan fingerprint density at radius 3 is 2.60 bits per heavy atom. The van der Waals surface area contributed by atoms with E-state index in [1.165, 1.54) is 0 Å². The van der Waals surface area contributed by atoms with E-state index in [-0.39, 0.29) is 11.6 Å². The van der Waals surface area contributed by atoms with Crippen LogP contribution in [0, 0.1) is 5.92 Å². The highest BCUT2D eigenvalue weighted by Gasteiger charge is 2.29. The topological polar surface area (TPSA) is 104 Å². The lowest BCUT2D eigenvalue weighted by molar-refractivity contribution is -0.120. The minimum Gasteiger partial charge on any atom is -0.475 e. The first-order chi connectivity index (χ1) is 11.9. The average Bonchev–Trinajstić information content (AvgIpc) is 3.38. The van der Waals surface area contributed by atoms with Gasteiger partial charge >= 0.3 is 0 Å². The number of primary amides is 1. The van der Waals surface area contributed by atoms with Crippen LogP contribution in [0.1, 0.15) is 55.1 Å². The second-order valence-corrected chi connectivity index (χ2v) is 6.76. The molecular formula is C18H27N3O4. The van der Waals surface area contributed by atoms with E-state index in [0.29, 0.717) is 31.4 Å². The normalized spacial score (nSPS) is 15.0. The molecule has 1 fully saturated rings. The van der Waals surface area contributed by atoms with E-state index in [1.807, 2.05) is 19.9 Å². The summed E-state index contributed by atoms with van der Waals surface area (Å²) in [5.41, 5.74) is 6.61. The second kappa shape index (κ2) is 8.80. The molecule has 1 aliphatic rings. The summed E-state index contributed by atoms with van der Waals surface area (Å²) >= 11 is 0. The number of pyridine rings is 1. The van der Waals surface area contributed by atoms with Crippen molar-refractivity contribution in [1.82, 2.24) is 10.3 Å². The molecule has 1 aliphatic carbocycles. The largest absolute Gasteiger partial charge is 0.475 e. The van der Waals surface area contributed by atoms with Gasteiger partial charge in [0.1, 0.15) is 18.3 Å². The zero-order valence-corrected chi connectivity index (χ0v) is 15.1. The maximum absolute atomic E-state index is 12.5. The molecule has 7 nitrogen and oxygen atoms in total. The van der Waals surface area contributed by atoms with Gasteiger partial charge in [-0.15, -0.1) is 0 Å². The number of rotatable bonds is 10.